The van der Waals surface area contributed by atoms with Gasteiger partial charge in [0.1, 0.15) is 0 Å². The van der Waals surface area contributed by atoms with Crippen molar-refractivity contribution < 1.29 is 0 Å². The van der Waals surface area contributed by atoms with E-state index in [1.165, 1.54) is 0 Å². The normalized spacial score (nSPS) is 10.6. The van der Waals surface area contributed by atoms with Crippen LogP contribution in [0.4, 0.5) is 5.95 Å². The van der Waals surface area contributed by atoms with Gasteiger partial charge in [0.25, 0.3) is 0 Å². The summed E-state index contributed by atoms with van der Waals surface area (Å²) in [7, 11) is 0. The van der Waals surface area contributed by atoms with Crippen LogP contribution in [-0.4, -0.2) is 38.6 Å². The fourth-order valence-corrected chi connectivity index (χ4v) is 2.23. The molecular formula is C12H16BrN5. The third-order valence-corrected chi connectivity index (χ3v) is 2.94. The molecule has 0 fully saturated rings. The van der Waals surface area contributed by atoms with Crippen LogP contribution in [0.2, 0.25) is 0 Å². The second-order valence-corrected chi connectivity index (χ2v) is 4.70. The van der Waals surface area contributed by atoms with E-state index >= 15 is 0 Å². The van der Waals surface area contributed by atoms with Crippen LogP contribution >= 0.6 is 15.9 Å². The van der Waals surface area contributed by atoms with Crippen molar-refractivity contribution >= 4 is 21.9 Å². The third-order valence-electron chi connectivity index (χ3n) is 2.58. The van der Waals surface area contributed by atoms with E-state index in [9.17, 15) is 0 Å². The molecule has 0 saturated carbocycles. The highest BCUT2D eigenvalue weighted by atomic mass is 79.9. The molecule has 96 valence electrons. The molecule has 0 aliphatic heterocycles. The van der Waals surface area contributed by atoms with Gasteiger partial charge in [-0.3, -0.25) is 0 Å². The summed E-state index contributed by atoms with van der Waals surface area (Å²) in [5, 5.41) is 12.9. The van der Waals surface area contributed by atoms with E-state index in [0.717, 1.165) is 36.5 Å². The lowest BCUT2D eigenvalue weighted by molar-refractivity contribution is 0.735. The molecule has 2 aromatic rings. The maximum Gasteiger partial charge on any atom is 0.250 e. The highest BCUT2D eigenvalue weighted by molar-refractivity contribution is 9.09. The lowest BCUT2D eigenvalue weighted by Crippen LogP contribution is -2.29. The summed E-state index contributed by atoms with van der Waals surface area (Å²) in [4.78, 5) is 2.18. The third kappa shape index (κ3) is 2.87. The molecule has 0 amide bonds. The molecule has 5 nitrogen and oxygen atoms in total. The highest BCUT2D eigenvalue weighted by Gasteiger charge is 2.14. The molecule has 0 aliphatic rings. The first-order valence-corrected chi connectivity index (χ1v) is 7.13. The second-order valence-electron chi connectivity index (χ2n) is 3.90. The average molecular weight is 310 g/mol. The van der Waals surface area contributed by atoms with E-state index in [-0.39, 0.29) is 0 Å². The van der Waals surface area contributed by atoms with E-state index in [0.29, 0.717) is 0 Å². The first kappa shape index (κ1) is 13.0. The van der Waals surface area contributed by atoms with Crippen molar-refractivity contribution in [3.63, 3.8) is 0 Å². The van der Waals surface area contributed by atoms with Gasteiger partial charge in [0.05, 0.1) is 5.69 Å². The first-order chi connectivity index (χ1) is 8.86. The number of hydrogen-bond acceptors (Lipinski definition) is 4. The largest absolute Gasteiger partial charge is 0.339 e. The Kier molecular flexibility index (Phi) is 4.69. The lowest BCUT2D eigenvalue weighted by Gasteiger charge is -2.21. The Bertz CT molecular complexity index is 464. The van der Waals surface area contributed by atoms with E-state index < -0.39 is 0 Å². The van der Waals surface area contributed by atoms with Gasteiger partial charge in [-0.15, -0.1) is 0 Å². The Labute approximate surface area is 115 Å². The van der Waals surface area contributed by atoms with E-state index in [4.69, 9.17) is 0 Å². The Balaban J connectivity index is 2.31. The molecule has 1 aromatic heterocycles. The van der Waals surface area contributed by atoms with Gasteiger partial charge in [0.15, 0.2) is 0 Å². The molecule has 0 atom stereocenters. The zero-order chi connectivity index (χ0) is 12.8. The van der Waals surface area contributed by atoms with Crippen molar-refractivity contribution in [3.8, 4) is 5.69 Å². The van der Waals surface area contributed by atoms with Crippen molar-refractivity contribution in [2.75, 3.05) is 23.3 Å². The molecule has 1 aromatic carbocycles. The SMILES string of the molecule is CCCN(CCBr)c1nnnn1-c1ccccc1. The van der Waals surface area contributed by atoms with Crippen LogP contribution in [0.15, 0.2) is 30.3 Å². The van der Waals surface area contributed by atoms with Crippen molar-refractivity contribution in [1.82, 2.24) is 20.2 Å². The van der Waals surface area contributed by atoms with Crippen LogP contribution in [0, 0.1) is 0 Å². The number of rotatable bonds is 6. The Hall–Kier alpha value is -1.43. The van der Waals surface area contributed by atoms with Gasteiger partial charge in [0, 0.05) is 18.4 Å². The average Bonchev–Trinajstić information content (AvgIpc) is 2.88. The van der Waals surface area contributed by atoms with Gasteiger partial charge in [-0.2, -0.15) is 4.68 Å². The molecule has 0 aliphatic carbocycles. The van der Waals surface area contributed by atoms with Gasteiger partial charge in [-0.05, 0) is 29.0 Å². The molecule has 0 bridgehead atoms. The van der Waals surface area contributed by atoms with E-state index in [1.54, 1.807) is 4.68 Å². The summed E-state index contributed by atoms with van der Waals surface area (Å²) >= 11 is 3.47. The van der Waals surface area contributed by atoms with Crippen LogP contribution in [0.25, 0.3) is 5.69 Å². The smallest absolute Gasteiger partial charge is 0.250 e. The van der Waals surface area contributed by atoms with Gasteiger partial charge in [-0.1, -0.05) is 46.2 Å². The molecule has 0 N–H and O–H groups in total. The quantitative estimate of drug-likeness (QED) is 0.768. The molecule has 1 heterocycles. The number of aromatic nitrogens is 4. The minimum absolute atomic E-state index is 0.794. The zero-order valence-corrected chi connectivity index (χ0v) is 11.9. The number of hydrogen-bond donors (Lipinski definition) is 0. The first-order valence-electron chi connectivity index (χ1n) is 6.01. The Morgan fingerprint density at radius 1 is 1.22 bits per heavy atom. The summed E-state index contributed by atoms with van der Waals surface area (Å²) < 4.78 is 1.78. The van der Waals surface area contributed by atoms with Crippen molar-refractivity contribution in [1.29, 1.82) is 0 Å². The Morgan fingerprint density at radius 2 is 2.00 bits per heavy atom. The monoisotopic (exact) mass is 309 g/mol. The minimum Gasteiger partial charge on any atom is -0.339 e. The molecule has 6 heteroatoms. The number of benzene rings is 1. The molecule has 0 radical (unpaired) electrons. The van der Waals surface area contributed by atoms with Gasteiger partial charge in [0.2, 0.25) is 5.95 Å². The predicted molar refractivity (Wildman–Crippen MR) is 75.5 cm³/mol. The summed E-state index contributed by atoms with van der Waals surface area (Å²) in [5.41, 5.74) is 0.980. The van der Waals surface area contributed by atoms with Crippen molar-refractivity contribution in [2.45, 2.75) is 13.3 Å². The number of alkyl halides is 1. The van der Waals surface area contributed by atoms with Gasteiger partial charge >= 0.3 is 0 Å². The number of halogens is 1. The lowest BCUT2D eigenvalue weighted by atomic mass is 10.3. The van der Waals surface area contributed by atoms with Crippen LogP contribution < -0.4 is 4.90 Å². The topological polar surface area (TPSA) is 46.8 Å². The summed E-state index contributed by atoms with van der Waals surface area (Å²) in [5.74, 6) is 0.794. The molecule has 0 saturated heterocycles. The van der Waals surface area contributed by atoms with Crippen LogP contribution in [0.3, 0.4) is 0 Å². The van der Waals surface area contributed by atoms with E-state index in [1.807, 2.05) is 30.3 Å². The zero-order valence-electron chi connectivity index (χ0n) is 10.3. The van der Waals surface area contributed by atoms with Crippen molar-refractivity contribution in [3.05, 3.63) is 30.3 Å². The van der Waals surface area contributed by atoms with E-state index in [2.05, 4.69) is 43.3 Å². The summed E-state index contributed by atoms with van der Waals surface area (Å²) in [6.07, 6.45) is 1.06. The molecule has 18 heavy (non-hydrogen) atoms. The van der Waals surface area contributed by atoms with Gasteiger partial charge < -0.3 is 4.90 Å². The van der Waals surface area contributed by atoms with Crippen LogP contribution in [0.5, 0.6) is 0 Å². The predicted octanol–water partition coefficient (Wildman–Crippen LogP) is 2.27. The highest BCUT2D eigenvalue weighted by Crippen LogP contribution is 2.15. The fraction of sp³-hybridized carbons (Fsp3) is 0.417. The molecule has 0 unspecified atom stereocenters. The number of para-hydroxylation sites is 1. The van der Waals surface area contributed by atoms with Crippen LogP contribution in [0.1, 0.15) is 13.3 Å². The Morgan fingerprint density at radius 3 is 2.67 bits per heavy atom. The summed E-state index contributed by atoms with van der Waals surface area (Å²) in [6, 6.07) is 9.94. The van der Waals surface area contributed by atoms with Crippen molar-refractivity contribution in [2.24, 2.45) is 0 Å². The number of tetrazole rings is 1. The second kappa shape index (κ2) is 6.49. The number of anilines is 1. The fourth-order valence-electron chi connectivity index (χ4n) is 1.80. The van der Waals surface area contributed by atoms with Crippen LogP contribution in [-0.2, 0) is 0 Å². The minimum atomic E-state index is 0.794. The summed E-state index contributed by atoms with van der Waals surface area (Å²) in [6.45, 7) is 3.98. The van der Waals surface area contributed by atoms with Gasteiger partial charge in [-0.25, -0.2) is 0 Å². The molecule has 2 rings (SSSR count). The maximum atomic E-state index is 4.14. The molecular weight excluding hydrogens is 294 g/mol. The standard InChI is InChI=1S/C12H16BrN5/c1-2-9-17(10-8-13)12-14-15-16-18(12)11-6-4-3-5-7-11/h3-7H,2,8-10H2,1H3. The maximum absolute atomic E-state index is 4.14. The molecule has 0 spiro atoms. The number of nitrogens with zero attached hydrogens (tertiary/aromatic N) is 5.